The van der Waals surface area contributed by atoms with Gasteiger partial charge in [-0.05, 0) is 12.3 Å². The van der Waals surface area contributed by atoms with Gasteiger partial charge in [0.05, 0.1) is 5.25 Å². The van der Waals surface area contributed by atoms with Crippen molar-refractivity contribution in [1.29, 1.82) is 0 Å². The van der Waals surface area contributed by atoms with Gasteiger partial charge >= 0.3 is 0 Å². The van der Waals surface area contributed by atoms with Crippen LogP contribution in [-0.2, 0) is 9.59 Å². The zero-order chi connectivity index (χ0) is 12.3. The first-order valence-electron chi connectivity index (χ1n) is 5.75. The van der Waals surface area contributed by atoms with Crippen LogP contribution in [0.5, 0.6) is 0 Å². The van der Waals surface area contributed by atoms with E-state index in [0.29, 0.717) is 19.5 Å². The Morgan fingerprint density at radius 1 is 1.62 bits per heavy atom. The predicted octanol–water partition coefficient (Wildman–Crippen LogP) is 0.678. The summed E-state index contributed by atoms with van der Waals surface area (Å²) in [6.45, 7) is 6.96. The van der Waals surface area contributed by atoms with Crippen LogP contribution in [0.2, 0.25) is 0 Å². The molecule has 1 saturated heterocycles. The van der Waals surface area contributed by atoms with E-state index in [0.717, 1.165) is 0 Å². The van der Waals surface area contributed by atoms with Crippen LogP contribution in [0.15, 0.2) is 0 Å². The van der Waals surface area contributed by atoms with Crippen LogP contribution in [0.4, 0.5) is 0 Å². The highest BCUT2D eigenvalue weighted by molar-refractivity contribution is 7.81. The lowest BCUT2D eigenvalue weighted by atomic mass is 10.1. The second-order valence-electron chi connectivity index (χ2n) is 4.44. The predicted molar refractivity (Wildman–Crippen MR) is 66.4 cm³/mol. The average molecular weight is 244 g/mol. The Labute approximate surface area is 102 Å². The summed E-state index contributed by atoms with van der Waals surface area (Å²) >= 11 is 4.32. The van der Waals surface area contributed by atoms with Gasteiger partial charge in [0.15, 0.2) is 0 Å². The van der Waals surface area contributed by atoms with Gasteiger partial charge < -0.3 is 10.2 Å². The van der Waals surface area contributed by atoms with Crippen molar-refractivity contribution >= 4 is 24.4 Å². The molecular formula is C11H20N2O2S. The average Bonchev–Trinajstić information content (AvgIpc) is 2.26. The van der Waals surface area contributed by atoms with E-state index in [2.05, 4.69) is 17.9 Å². The number of piperazine rings is 1. The molecule has 1 aliphatic rings. The minimum atomic E-state index is -0.324. The third kappa shape index (κ3) is 2.70. The van der Waals surface area contributed by atoms with Crippen LogP contribution in [0.3, 0.4) is 0 Å². The van der Waals surface area contributed by atoms with Crippen LogP contribution >= 0.6 is 12.6 Å². The third-order valence-corrected chi connectivity index (χ3v) is 3.70. The Bertz CT molecular complexity index is 281. The molecule has 92 valence electrons. The summed E-state index contributed by atoms with van der Waals surface area (Å²) in [6, 6.07) is -0.324. The second-order valence-corrected chi connectivity index (χ2v) is 4.99. The molecule has 0 spiro atoms. The summed E-state index contributed by atoms with van der Waals surface area (Å²) in [5.74, 6) is 0.102. The van der Waals surface area contributed by atoms with Gasteiger partial charge in [-0.25, -0.2) is 0 Å². The summed E-state index contributed by atoms with van der Waals surface area (Å²) in [7, 11) is 0. The number of hydrogen-bond donors (Lipinski definition) is 2. The fourth-order valence-electron chi connectivity index (χ4n) is 1.84. The highest BCUT2D eigenvalue weighted by atomic mass is 32.1. The molecule has 0 bridgehead atoms. The largest absolute Gasteiger partial charge is 0.353 e. The third-order valence-electron chi connectivity index (χ3n) is 2.89. The van der Waals surface area contributed by atoms with E-state index in [1.807, 2.05) is 20.8 Å². The first-order valence-corrected chi connectivity index (χ1v) is 6.27. The van der Waals surface area contributed by atoms with Gasteiger partial charge in [-0.1, -0.05) is 20.8 Å². The Hall–Kier alpha value is -0.710. The number of nitrogens with zero attached hydrogens (tertiary/aromatic N) is 1. The van der Waals surface area contributed by atoms with Gasteiger partial charge in [0, 0.05) is 13.1 Å². The summed E-state index contributed by atoms with van der Waals surface area (Å²) in [6.07, 6.45) is 0.649. The summed E-state index contributed by atoms with van der Waals surface area (Å²) in [5.41, 5.74) is 0. The zero-order valence-corrected chi connectivity index (χ0v) is 11.0. The van der Waals surface area contributed by atoms with Gasteiger partial charge in [0.25, 0.3) is 0 Å². The number of rotatable bonds is 3. The van der Waals surface area contributed by atoms with Gasteiger partial charge in [-0.2, -0.15) is 12.6 Å². The monoisotopic (exact) mass is 244 g/mol. The van der Waals surface area contributed by atoms with Crippen molar-refractivity contribution in [3.63, 3.8) is 0 Å². The minimum absolute atomic E-state index is 0.0277. The SMILES string of the molecule is CCC1C(=O)NCCN1C(=O)C(S)C(C)C. The lowest BCUT2D eigenvalue weighted by Gasteiger charge is -2.36. The van der Waals surface area contributed by atoms with Crippen molar-refractivity contribution in [1.82, 2.24) is 10.2 Å². The van der Waals surface area contributed by atoms with Crippen molar-refractivity contribution in [3.05, 3.63) is 0 Å². The van der Waals surface area contributed by atoms with Crippen molar-refractivity contribution in [2.24, 2.45) is 5.92 Å². The standard InChI is InChI=1S/C11H20N2O2S/c1-4-8-10(14)12-5-6-13(8)11(15)9(16)7(2)3/h7-9,16H,4-6H2,1-3H3,(H,12,14). The number of hydrogen-bond acceptors (Lipinski definition) is 3. The number of thiol groups is 1. The van der Waals surface area contributed by atoms with Crippen LogP contribution in [0.1, 0.15) is 27.2 Å². The van der Waals surface area contributed by atoms with Crippen molar-refractivity contribution in [2.75, 3.05) is 13.1 Å². The summed E-state index contributed by atoms with van der Waals surface area (Å²) in [5, 5.41) is 2.46. The molecule has 1 fully saturated rings. The van der Waals surface area contributed by atoms with Gasteiger partial charge in [-0.3, -0.25) is 9.59 Å². The molecular weight excluding hydrogens is 224 g/mol. The molecule has 16 heavy (non-hydrogen) atoms. The van der Waals surface area contributed by atoms with E-state index in [-0.39, 0.29) is 29.0 Å². The van der Waals surface area contributed by atoms with Crippen LogP contribution in [0, 0.1) is 5.92 Å². The first kappa shape index (κ1) is 13.4. The molecule has 0 aromatic heterocycles. The number of amides is 2. The molecule has 2 unspecified atom stereocenters. The molecule has 0 aromatic rings. The van der Waals surface area contributed by atoms with E-state index in [1.54, 1.807) is 4.90 Å². The van der Waals surface area contributed by atoms with Crippen LogP contribution in [0.25, 0.3) is 0 Å². The molecule has 1 rings (SSSR count). The lowest BCUT2D eigenvalue weighted by Crippen LogP contribution is -2.58. The molecule has 0 aliphatic carbocycles. The highest BCUT2D eigenvalue weighted by Crippen LogP contribution is 2.17. The topological polar surface area (TPSA) is 49.4 Å². The van der Waals surface area contributed by atoms with Crippen molar-refractivity contribution in [3.8, 4) is 0 Å². The molecule has 0 saturated carbocycles. The molecule has 5 heteroatoms. The maximum Gasteiger partial charge on any atom is 0.242 e. The smallest absolute Gasteiger partial charge is 0.242 e. The summed E-state index contributed by atoms with van der Waals surface area (Å²) < 4.78 is 0. The van der Waals surface area contributed by atoms with E-state index in [4.69, 9.17) is 0 Å². The van der Waals surface area contributed by atoms with Gasteiger partial charge in [-0.15, -0.1) is 0 Å². The lowest BCUT2D eigenvalue weighted by molar-refractivity contribution is -0.143. The molecule has 4 nitrogen and oxygen atoms in total. The van der Waals surface area contributed by atoms with Crippen LogP contribution in [-0.4, -0.2) is 41.1 Å². The van der Waals surface area contributed by atoms with Gasteiger partial charge in [0.2, 0.25) is 11.8 Å². The van der Waals surface area contributed by atoms with E-state index in [9.17, 15) is 9.59 Å². The molecule has 1 aliphatic heterocycles. The number of carbonyl (C=O) groups is 2. The number of carbonyl (C=O) groups excluding carboxylic acids is 2. The van der Waals surface area contributed by atoms with Gasteiger partial charge in [0.1, 0.15) is 6.04 Å². The Morgan fingerprint density at radius 2 is 2.25 bits per heavy atom. The number of nitrogens with one attached hydrogen (secondary N) is 1. The minimum Gasteiger partial charge on any atom is -0.353 e. The fraction of sp³-hybridized carbons (Fsp3) is 0.818. The van der Waals surface area contributed by atoms with E-state index in [1.165, 1.54) is 0 Å². The Morgan fingerprint density at radius 3 is 2.75 bits per heavy atom. The molecule has 0 aromatic carbocycles. The zero-order valence-electron chi connectivity index (χ0n) is 10.1. The second kappa shape index (κ2) is 5.57. The van der Waals surface area contributed by atoms with Crippen molar-refractivity contribution < 1.29 is 9.59 Å². The highest BCUT2D eigenvalue weighted by Gasteiger charge is 2.34. The van der Waals surface area contributed by atoms with Crippen molar-refractivity contribution in [2.45, 2.75) is 38.5 Å². The Kier molecular flexibility index (Phi) is 4.65. The van der Waals surface area contributed by atoms with E-state index >= 15 is 0 Å². The molecule has 2 atom stereocenters. The molecule has 1 N–H and O–H groups in total. The first-order chi connectivity index (χ1) is 7.49. The quantitative estimate of drug-likeness (QED) is 0.717. The maximum absolute atomic E-state index is 12.1. The molecule has 2 amide bonds. The normalized spacial score (nSPS) is 23.2. The van der Waals surface area contributed by atoms with Crippen LogP contribution < -0.4 is 5.32 Å². The molecule has 0 radical (unpaired) electrons. The maximum atomic E-state index is 12.1. The molecule has 1 heterocycles. The fourth-order valence-corrected chi connectivity index (χ4v) is 1.99. The summed E-state index contributed by atoms with van der Waals surface area (Å²) in [4.78, 5) is 25.4. The van der Waals surface area contributed by atoms with E-state index < -0.39 is 0 Å². The Balaban J connectivity index is 2.76.